The Morgan fingerprint density at radius 1 is 1.50 bits per heavy atom. The van der Waals surface area contributed by atoms with Gasteiger partial charge in [0.05, 0.1) is 6.54 Å². The molecule has 0 radical (unpaired) electrons. The largest absolute Gasteiger partial charge is 0.337 e. The zero-order valence-corrected chi connectivity index (χ0v) is 10.9. The number of imidazole rings is 1. The van der Waals surface area contributed by atoms with Gasteiger partial charge in [0.15, 0.2) is 0 Å². The van der Waals surface area contributed by atoms with Gasteiger partial charge in [-0.3, -0.25) is 4.90 Å². The molecule has 0 fully saturated rings. The molecule has 0 bridgehead atoms. The summed E-state index contributed by atoms with van der Waals surface area (Å²) in [6.07, 6.45) is 3.83. The van der Waals surface area contributed by atoms with Gasteiger partial charge in [0.25, 0.3) is 0 Å². The molecule has 0 aliphatic heterocycles. The number of nitrogens with one attached hydrogen (secondary N) is 1. The first kappa shape index (κ1) is 13.2. The molecule has 92 valence electrons. The highest BCUT2D eigenvalue weighted by Gasteiger charge is 2.03. The topological polar surface area (TPSA) is 33.1 Å². The van der Waals surface area contributed by atoms with E-state index >= 15 is 0 Å². The van der Waals surface area contributed by atoms with Gasteiger partial charge in [-0.05, 0) is 19.5 Å². The third-order valence-electron chi connectivity index (χ3n) is 2.56. The van der Waals surface area contributed by atoms with Crippen LogP contribution in [0.3, 0.4) is 0 Å². The van der Waals surface area contributed by atoms with Crippen molar-refractivity contribution >= 4 is 0 Å². The van der Waals surface area contributed by atoms with Crippen LogP contribution in [-0.2, 0) is 13.6 Å². The Morgan fingerprint density at radius 3 is 2.81 bits per heavy atom. The van der Waals surface area contributed by atoms with E-state index in [4.69, 9.17) is 0 Å². The molecule has 1 rings (SSSR count). The van der Waals surface area contributed by atoms with Crippen LogP contribution in [0.4, 0.5) is 0 Å². The summed E-state index contributed by atoms with van der Waals surface area (Å²) in [5, 5.41) is 3.44. The second-order valence-electron chi connectivity index (χ2n) is 4.79. The van der Waals surface area contributed by atoms with E-state index in [9.17, 15) is 0 Å². The first-order chi connectivity index (χ1) is 7.59. The molecule has 1 aromatic rings. The third kappa shape index (κ3) is 4.77. The summed E-state index contributed by atoms with van der Waals surface area (Å²) in [7, 11) is 4.17. The maximum atomic E-state index is 4.31. The van der Waals surface area contributed by atoms with Gasteiger partial charge in [0, 0.05) is 32.5 Å². The van der Waals surface area contributed by atoms with E-state index in [1.807, 2.05) is 19.4 Å². The lowest BCUT2D eigenvalue weighted by Crippen LogP contribution is -2.31. The number of rotatable bonds is 7. The van der Waals surface area contributed by atoms with Crippen LogP contribution in [0, 0.1) is 5.92 Å². The number of likely N-dealkylation sites (N-methyl/N-ethyl adjacent to an activating group) is 1. The number of aryl methyl sites for hydroxylation is 1. The number of nitrogens with zero attached hydrogens (tertiary/aromatic N) is 3. The van der Waals surface area contributed by atoms with Crippen LogP contribution >= 0.6 is 0 Å². The average Bonchev–Trinajstić information content (AvgIpc) is 2.59. The molecular weight excluding hydrogens is 200 g/mol. The molecular formula is C12H24N4. The van der Waals surface area contributed by atoms with Gasteiger partial charge >= 0.3 is 0 Å². The smallest absolute Gasteiger partial charge is 0.122 e. The van der Waals surface area contributed by atoms with E-state index < -0.39 is 0 Å². The Bertz CT molecular complexity index is 293. The molecule has 0 aliphatic carbocycles. The SMILES string of the molecule is CC(C)CNCCN(C)Cc1nccn1C. The minimum Gasteiger partial charge on any atom is -0.337 e. The van der Waals surface area contributed by atoms with Crippen molar-refractivity contribution in [2.24, 2.45) is 13.0 Å². The maximum Gasteiger partial charge on any atom is 0.122 e. The Balaban J connectivity index is 2.16. The lowest BCUT2D eigenvalue weighted by molar-refractivity contribution is 0.310. The van der Waals surface area contributed by atoms with Crippen LogP contribution in [0.25, 0.3) is 0 Å². The van der Waals surface area contributed by atoms with Gasteiger partial charge in [-0.1, -0.05) is 13.8 Å². The number of aromatic nitrogens is 2. The Hall–Kier alpha value is -0.870. The summed E-state index contributed by atoms with van der Waals surface area (Å²) in [6.45, 7) is 8.55. The molecule has 0 unspecified atom stereocenters. The van der Waals surface area contributed by atoms with Gasteiger partial charge < -0.3 is 9.88 Å². The molecule has 0 aliphatic rings. The van der Waals surface area contributed by atoms with Crippen molar-refractivity contribution < 1.29 is 0 Å². The quantitative estimate of drug-likeness (QED) is 0.704. The monoisotopic (exact) mass is 224 g/mol. The van der Waals surface area contributed by atoms with Crippen LogP contribution < -0.4 is 5.32 Å². The van der Waals surface area contributed by atoms with Gasteiger partial charge in [0.1, 0.15) is 5.82 Å². The van der Waals surface area contributed by atoms with E-state index in [2.05, 4.69) is 40.7 Å². The predicted octanol–water partition coefficient (Wildman–Crippen LogP) is 1.10. The molecule has 1 N–H and O–H groups in total. The fourth-order valence-electron chi connectivity index (χ4n) is 1.53. The van der Waals surface area contributed by atoms with Gasteiger partial charge in [-0.15, -0.1) is 0 Å². The van der Waals surface area contributed by atoms with Crippen molar-refractivity contribution in [1.29, 1.82) is 0 Å². The van der Waals surface area contributed by atoms with Crippen LogP contribution in [0.5, 0.6) is 0 Å². The molecule has 16 heavy (non-hydrogen) atoms. The molecule has 4 heteroatoms. The summed E-state index contributed by atoms with van der Waals surface area (Å²) in [6, 6.07) is 0. The van der Waals surface area contributed by atoms with Crippen molar-refractivity contribution in [3.63, 3.8) is 0 Å². The average molecular weight is 224 g/mol. The van der Waals surface area contributed by atoms with Crippen molar-refractivity contribution in [3.05, 3.63) is 18.2 Å². The van der Waals surface area contributed by atoms with Crippen molar-refractivity contribution in [2.45, 2.75) is 20.4 Å². The van der Waals surface area contributed by atoms with Gasteiger partial charge in [-0.25, -0.2) is 4.98 Å². The highest BCUT2D eigenvalue weighted by Crippen LogP contribution is 1.98. The lowest BCUT2D eigenvalue weighted by atomic mass is 10.2. The van der Waals surface area contributed by atoms with Crippen LogP contribution in [0.2, 0.25) is 0 Å². The second-order valence-corrected chi connectivity index (χ2v) is 4.79. The third-order valence-corrected chi connectivity index (χ3v) is 2.56. The fourth-order valence-corrected chi connectivity index (χ4v) is 1.53. The maximum absolute atomic E-state index is 4.31. The summed E-state index contributed by atoms with van der Waals surface area (Å²) in [5.74, 6) is 1.84. The van der Waals surface area contributed by atoms with Crippen LogP contribution in [0.15, 0.2) is 12.4 Å². The highest BCUT2D eigenvalue weighted by atomic mass is 15.2. The van der Waals surface area contributed by atoms with E-state index in [0.29, 0.717) is 0 Å². The van der Waals surface area contributed by atoms with Gasteiger partial charge in [-0.2, -0.15) is 0 Å². The standard InChI is InChI=1S/C12H24N4/c1-11(2)9-13-5-7-15(3)10-12-14-6-8-16(12)4/h6,8,11,13H,5,7,9-10H2,1-4H3. The number of hydrogen-bond donors (Lipinski definition) is 1. The highest BCUT2D eigenvalue weighted by molar-refractivity contribution is 4.90. The summed E-state index contributed by atoms with van der Waals surface area (Å²) in [5.41, 5.74) is 0. The zero-order valence-electron chi connectivity index (χ0n) is 10.9. The summed E-state index contributed by atoms with van der Waals surface area (Å²) >= 11 is 0. The molecule has 0 spiro atoms. The molecule has 1 heterocycles. The summed E-state index contributed by atoms with van der Waals surface area (Å²) < 4.78 is 2.07. The minimum absolute atomic E-state index is 0.722. The van der Waals surface area contributed by atoms with Crippen LogP contribution in [0.1, 0.15) is 19.7 Å². The fraction of sp³-hybridized carbons (Fsp3) is 0.750. The minimum atomic E-state index is 0.722. The Kier molecular flexibility index (Phi) is 5.49. The van der Waals surface area contributed by atoms with Crippen molar-refractivity contribution in [3.8, 4) is 0 Å². The lowest BCUT2D eigenvalue weighted by Gasteiger charge is -2.17. The first-order valence-corrected chi connectivity index (χ1v) is 5.95. The van der Waals surface area contributed by atoms with Crippen LogP contribution in [-0.4, -0.2) is 41.1 Å². The molecule has 4 nitrogen and oxygen atoms in total. The van der Waals surface area contributed by atoms with Crippen molar-refractivity contribution in [2.75, 3.05) is 26.7 Å². The molecule has 0 atom stereocenters. The number of hydrogen-bond acceptors (Lipinski definition) is 3. The zero-order chi connectivity index (χ0) is 12.0. The first-order valence-electron chi connectivity index (χ1n) is 5.95. The Morgan fingerprint density at radius 2 is 2.25 bits per heavy atom. The van der Waals surface area contributed by atoms with E-state index in [-0.39, 0.29) is 0 Å². The normalized spacial score (nSPS) is 11.6. The van der Waals surface area contributed by atoms with Crippen molar-refractivity contribution in [1.82, 2.24) is 19.8 Å². The molecule has 0 amide bonds. The second kappa shape index (κ2) is 6.66. The Labute approximate surface area is 98.7 Å². The van der Waals surface area contributed by atoms with E-state index in [1.165, 1.54) is 0 Å². The van der Waals surface area contributed by atoms with Gasteiger partial charge in [0.2, 0.25) is 0 Å². The summed E-state index contributed by atoms with van der Waals surface area (Å²) in [4.78, 5) is 6.60. The van der Waals surface area contributed by atoms with E-state index in [1.54, 1.807) is 0 Å². The molecule has 1 aromatic heterocycles. The molecule has 0 saturated heterocycles. The van der Waals surface area contributed by atoms with E-state index in [0.717, 1.165) is 37.9 Å². The molecule has 0 aromatic carbocycles. The molecule has 0 saturated carbocycles. The predicted molar refractivity (Wildman–Crippen MR) is 67.2 cm³/mol.